The molecule has 1 heterocycles. The third-order valence-electron chi connectivity index (χ3n) is 4.21. The standard InChI is InChI=1S/C19H20N4O5/c1-11-4-12(2)19(13(3)5-11)20-9-18(24)22-21-8-14-6-16-17(28-10-27-16)7-15(14)23(25)26/h4-8,20H,9-10H2,1-3H3,(H,22,24)/b21-8-. The molecule has 0 atom stereocenters. The van der Waals surface area contributed by atoms with Gasteiger partial charge in [0, 0.05) is 5.69 Å². The molecule has 0 saturated carbocycles. The number of hydrogen-bond donors (Lipinski definition) is 2. The van der Waals surface area contributed by atoms with Gasteiger partial charge in [0.15, 0.2) is 11.5 Å². The predicted octanol–water partition coefficient (Wildman–Crippen LogP) is 2.81. The fourth-order valence-electron chi connectivity index (χ4n) is 3.05. The number of carbonyl (C=O) groups excluding carboxylic acids is 1. The smallest absolute Gasteiger partial charge is 0.282 e. The van der Waals surface area contributed by atoms with Crippen LogP contribution in [0.2, 0.25) is 0 Å². The number of nitrogens with one attached hydrogen (secondary N) is 2. The second-order valence-electron chi connectivity index (χ2n) is 6.44. The monoisotopic (exact) mass is 384 g/mol. The highest BCUT2D eigenvalue weighted by atomic mass is 16.7. The van der Waals surface area contributed by atoms with Gasteiger partial charge in [-0.3, -0.25) is 14.9 Å². The molecule has 1 amide bonds. The average molecular weight is 384 g/mol. The highest BCUT2D eigenvalue weighted by Crippen LogP contribution is 2.37. The largest absolute Gasteiger partial charge is 0.454 e. The van der Waals surface area contributed by atoms with Gasteiger partial charge >= 0.3 is 0 Å². The minimum atomic E-state index is -0.546. The van der Waals surface area contributed by atoms with E-state index in [9.17, 15) is 14.9 Å². The topological polar surface area (TPSA) is 115 Å². The van der Waals surface area contributed by atoms with Crippen molar-refractivity contribution in [3.63, 3.8) is 0 Å². The molecule has 2 N–H and O–H groups in total. The van der Waals surface area contributed by atoms with Crippen molar-refractivity contribution in [2.75, 3.05) is 18.7 Å². The minimum absolute atomic E-state index is 0.00727. The van der Waals surface area contributed by atoms with Crippen LogP contribution in [0.1, 0.15) is 22.3 Å². The quantitative estimate of drug-likeness (QED) is 0.450. The molecule has 0 unspecified atom stereocenters. The van der Waals surface area contributed by atoms with E-state index < -0.39 is 4.92 Å². The van der Waals surface area contributed by atoms with Crippen molar-refractivity contribution in [3.8, 4) is 11.5 Å². The number of aryl methyl sites for hydroxylation is 3. The number of amides is 1. The van der Waals surface area contributed by atoms with Gasteiger partial charge in [-0.25, -0.2) is 5.43 Å². The van der Waals surface area contributed by atoms with Crippen LogP contribution in [0.15, 0.2) is 29.4 Å². The molecule has 0 fully saturated rings. The molecule has 0 spiro atoms. The van der Waals surface area contributed by atoms with Crippen LogP contribution in [0, 0.1) is 30.9 Å². The molecule has 1 aliphatic rings. The summed E-state index contributed by atoms with van der Waals surface area (Å²) in [6.07, 6.45) is 1.21. The first-order valence-electron chi connectivity index (χ1n) is 8.57. The maximum atomic E-state index is 12.0. The van der Waals surface area contributed by atoms with E-state index in [0.717, 1.165) is 22.4 Å². The number of hydrogen-bond acceptors (Lipinski definition) is 7. The Bertz CT molecular complexity index is 948. The van der Waals surface area contributed by atoms with Gasteiger partial charge in [-0.15, -0.1) is 0 Å². The van der Waals surface area contributed by atoms with Crippen molar-refractivity contribution in [2.45, 2.75) is 20.8 Å². The molecule has 28 heavy (non-hydrogen) atoms. The van der Waals surface area contributed by atoms with E-state index in [1.54, 1.807) is 0 Å². The molecular weight excluding hydrogens is 364 g/mol. The highest BCUT2D eigenvalue weighted by Gasteiger charge is 2.22. The number of nitrogens with zero attached hydrogens (tertiary/aromatic N) is 2. The normalized spacial score (nSPS) is 12.2. The van der Waals surface area contributed by atoms with Crippen LogP contribution in [0.4, 0.5) is 11.4 Å². The summed E-state index contributed by atoms with van der Waals surface area (Å²) in [4.78, 5) is 22.7. The van der Waals surface area contributed by atoms with Crippen molar-refractivity contribution < 1.29 is 19.2 Å². The molecule has 0 radical (unpaired) electrons. The van der Waals surface area contributed by atoms with Gasteiger partial charge in [0.2, 0.25) is 6.79 Å². The third kappa shape index (κ3) is 4.20. The number of carbonyl (C=O) groups is 1. The summed E-state index contributed by atoms with van der Waals surface area (Å²) in [5.74, 6) is 0.324. The van der Waals surface area contributed by atoms with Crippen LogP contribution in [0.25, 0.3) is 0 Å². The number of fused-ring (bicyclic) bond motifs is 1. The van der Waals surface area contributed by atoms with Crippen molar-refractivity contribution in [3.05, 3.63) is 56.6 Å². The van der Waals surface area contributed by atoms with Gasteiger partial charge in [-0.1, -0.05) is 17.7 Å². The zero-order valence-electron chi connectivity index (χ0n) is 15.7. The Kier molecular flexibility index (Phi) is 5.44. The van der Waals surface area contributed by atoms with E-state index >= 15 is 0 Å². The Labute approximate surface area is 161 Å². The molecule has 3 rings (SSSR count). The fraction of sp³-hybridized carbons (Fsp3) is 0.263. The number of nitro groups is 1. The van der Waals surface area contributed by atoms with Gasteiger partial charge in [-0.05, 0) is 38.0 Å². The van der Waals surface area contributed by atoms with Crippen LogP contribution in [0.5, 0.6) is 11.5 Å². The van der Waals surface area contributed by atoms with E-state index in [0.29, 0.717) is 11.5 Å². The molecular formula is C19H20N4O5. The molecule has 1 aliphatic heterocycles. The number of anilines is 1. The van der Waals surface area contributed by atoms with Crippen molar-refractivity contribution in [2.24, 2.45) is 5.10 Å². The highest BCUT2D eigenvalue weighted by molar-refractivity contribution is 5.89. The summed E-state index contributed by atoms with van der Waals surface area (Å²) in [5.41, 5.74) is 6.52. The molecule has 9 heteroatoms. The summed E-state index contributed by atoms with van der Waals surface area (Å²) in [6.45, 7) is 5.98. The Balaban J connectivity index is 1.64. The summed E-state index contributed by atoms with van der Waals surface area (Å²) >= 11 is 0. The lowest BCUT2D eigenvalue weighted by atomic mass is 10.1. The second kappa shape index (κ2) is 7.95. The Morgan fingerprint density at radius 1 is 1.18 bits per heavy atom. The van der Waals surface area contributed by atoms with Gasteiger partial charge in [0.05, 0.1) is 29.3 Å². The Morgan fingerprint density at radius 3 is 2.46 bits per heavy atom. The maximum absolute atomic E-state index is 12.0. The zero-order valence-corrected chi connectivity index (χ0v) is 15.7. The number of hydrazone groups is 1. The molecule has 9 nitrogen and oxygen atoms in total. The maximum Gasteiger partial charge on any atom is 0.282 e. The van der Waals surface area contributed by atoms with Crippen molar-refractivity contribution in [1.29, 1.82) is 0 Å². The van der Waals surface area contributed by atoms with Crippen LogP contribution in [-0.4, -0.2) is 30.4 Å². The lowest BCUT2D eigenvalue weighted by Crippen LogP contribution is -2.26. The molecule has 0 bridgehead atoms. The lowest BCUT2D eigenvalue weighted by molar-refractivity contribution is -0.385. The number of rotatable bonds is 6. The summed E-state index contributed by atoms with van der Waals surface area (Å²) in [7, 11) is 0. The van der Waals surface area contributed by atoms with Crippen LogP contribution >= 0.6 is 0 Å². The second-order valence-corrected chi connectivity index (χ2v) is 6.44. The Hall–Kier alpha value is -3.62. The van der Waals surface area contributed by atoms with Gasteiger partial charge in [-0.2, -0.15) is 5.10 Å². The van der Waals surface area contributed by atoms with Gasteiger partial charge in [0.1, 0.15) is 0 Å². The molecule has 146 valence electrons. The van der Waals surface area contributed by atoms with E-state index in [2.05, 4.69) is 15.8 Å². The van der Waals surface area contributed by atoms with E-state index in [-0.39, 0.29) is 30.5 Å². The molecule has 2 aromatic carbocycles. The van der Waals surface area contributed by atoms with Crippen LogP contribution in [-0.2, 0) is 4.79 Å². The zero-order chi connectivity index (χ0) is 20.3. The summed E-state index contributed by atoms with van der Waals surface area (Å²) < 4.78 is 10.4. The van der Waals surface area contributed by atoms with Crippen LogP contribution in [0.3, 0.4) is 0 Å². The van der Waals surface area contributed by atoms with Crippen molar-refractivity contribution >= 4 is 23.5 Å². The fourth-order valence-corrected chi connectivity index (χ4v) is 3.05. The minimum Gasteiger partial charge on any atom is -0.454 e. The first-order valence-corrected chi connectivity index (χ1v) is 8.57. The lowest BCUT2D eigenvalue weighted by Gasteiger charge is -2.13. The number of nitro benzene ring substituents is 1. The molecule has 0 aromatic heterocycles. The first kappa shape index (κ1) is 19.2. The van der Waals surface area contributed by atoms with E-state index in [4.69, 9.17) is 9.47 Å². The molecule has 0 aliphatic carbocycles. The molecule has 2 aromatic rings. The summed E-state index contributed by atoms with van der Waals surface area (Å²) in [6, 6.07) is 6.79. The average Bonchev–Trinajstić information content (AvgIpc) is 3.07. The Morgan fingerprint density at radius 2 is 1.82 bits per heavy atom. The molecule has 0 saturated heterocycles. The first-order chi connectivity index (χ1) is 13.3. The SMILES string of the molecule is Cc1cc(C)c(NCC(=O)N/N=C\c2cc3c(cc2[N+](=O)[O-])OCO3)c(C)c1. The number of ether oxygens (including phenoxy) is 2. The van der Waals surface area contributed by atoms with Gasteiger partial charge < -0.3 is 14.8 Å². The van der Waals surface area contributed by atoms with E-state index in [1.165, 1.54) is 18.3 Å². The third-order valence-corrected chi connectivity index (χ3v) is 4.21. The number of benzene rings is 2. The predicted molar refractivity (Wildman–Crippen MR) is 104 cm³/mol. The van der Waals surface area contributed by atoms with Crippen LogP contribution < -0.4 is 20.2 Å². The summed E-state index contributed by atoms with van der Waals surface area (Å²) in [5, 5.41) is 18.1. The van der Waals surface area contributed by atoms with Crippen molar-refractivity contribution in [1.82, 2.24) is 5.43 Å². The van der Waals surface area contributed by atoms with Gasteiger partial charge in [0.25, 0.3) is 11.6 Å². The van der Waals surface area contributed by atoms with E-state index in [1.807, 2.05) is 32.9 Å².